The molecule has 3 N–H and O–H groups in total. The van der Waals surface area contributed by atoms with Crippen LogP contribution in [0.4, 0.5) is 0 Å². The number of hydrogen-bond acceptors (Lipinski definition) is 10. The second kappa shape index (κ2) is 18.7. The van der Waals surface area contributed by atoms with Crippen molar-refractivity contribution < 1.29 is 19.3 Å². The Hall–Kier alpha value is -5.14. The smallest absolute Gasteiger partial charge is 0.205 e. The number of benzene rings is 4. The minimum Gasteiger partial charge on any atom is -0.392 e. The predicted molar refractivity (Wildman–Crippen MR) is 194 cm³/mol. The summed E-state index contributed by atoms with van der Waals surface area (Å²) in [5.41, 5.74) is 8.18. The van der Waals surface area contributed by atoms with E-state index in [2.05, 4.69) is 78.5 Å². The summed E-state index contributed by atoms with van der Waals surface area (Å²) in [5.74, 6) is 1.17. The van der Waals surface area contributed by atoms with E-state index < -0.39 is 0 Å². The molecule has 12 heteroatoms. The molecule has 0 spiro atoms. The molecule has 2 unspecified atom stereocenters. The predicted octanol–water partition coefficient (Wildman–Crippen LogP) is 7.18. The van der Waals surface area contributed by atoms with Crippen LogP contribution in [0.1, 0.15) is 56.6 Å². The van der Waals surface area contributed by atoms with Gasteiger partial charge in [-0.3, -0.25) is 0 Å². The number of nitrogens with one attached hydrogen (secondary N) is 2. The molecule has 0 radical (unpaired) electrons. The Balaban J connectivity index is 0.000000151. The molecule has 2 saturated heterocycles. The lowest BCUT2D eigenvalue weighted by Crippen LogP contribution is -2.21. The molecular weight excluding hydrogens is 644 g/mol. The van der Waals surface area contributed by atoms with E-state index in [4.69, 9.17) is 19.3 Å². The van der Waals surface area contributed by atoms with Gasteiger partial charge in [-0.25, -0.2) is 0 Å². The minimum absolute atomic E-state index is 0.0484. The average Bonchev–Trinajstić information content (AvgIpc) is 3.95. The molecule has 264 valence electrons. The summed E-state index contributed by atoms with van der Waals surface area (Å²) in [5, 5.41) is 37.5. The Labute approximate surface area is 297 Å². The fourth-order valence-corrected chi connectivity index (χ4v) is 5.92. The van der Waals surface area contributed by atoms with Crippen molar-refractivity contribution in [1.82, 2.24) is 41.2 Å². The van der Waals surface area contributed by atoms with Crippen molar-refractivity contribution in [3.63, 3.8) is 0 Å². The highest BCUT2D eigenvalue weighted by Gasteiger charge is 2.15. The molecule has 2 fully saturated rings. The van der Waals surface area contributed by atoms with Crippen LogP contribution < -0.4 is 0 Å². The summed E-state index contributed by atoms with van der Waals surface area (Å²) in [6.07, 6.45) is 7.66. The van der Waals surface area contributed by atoms with Crippen molar-refractivity contribution in [1.29, 1.82) is 0 Å². The summed E-state index contributed by atoms with van der Waals surface area (Å²) in [6.45, 7) is 4.54. The fourth-order valence-electron chi connectivity index (χ4n) is 5.92. The maximum absolute atomic E-state index is 9.07. The van der Waals surface area contributed by atoms with Gasteiger partial charge in [-0.2, -0.15) is 10.4 Å². The first-order chi connectivity index (χ1) is 25.2. The molecule has 2 aliphatic rings. The first kappa shape index (κ1) is 35.7. The van der Waals surface area contributed by atoms with Gasteiger partial charge in [-0.05, 0) is 89.3 Å². The lowest BCUT2D eigenvalue weighted by molar-refractivity contribution is -0.168. The minimum atomic E-state index is -0.0626. The lowest BCUT2D eigenvalue weighted by Gasteiger charge is -2.22. The van der Waals surface area contributed by atoms with Crippen LogP contribution in [-0.4, -0.2) is 72.0 Å². The summed E-state index contributed by atoms with van der Waals surface area (Å²) in [7, 11) is 0. The number of aliphatic hydroxyl groups is 1. The highest BCUT2D eigenvalue weighted by molar-refractivity contribution is 5.81. The van der Waals surface area contributed by atoms with Crippen LogP contribution in [0.25, 0.3) is 45.0 Å². The van der Waals surface area contributed by atoms with E-state index in [1.165, 1.54) is 25.7 Å². The van der Waals surface area contributed by atoms with E-state index in [1.807, 2.05) is 66.7 Å². The number of ether oxygens (including phenoxy) is 3. The van der Waals surface area contributed by atoms with Crippen LogP contribution in [0.2, 0.25) is 0 Å². The molecule has 4 heterocycles. The number of aromatic nitrogens is 8. The third-order valence-corrected chi connectivity index (χ3v) is 8.72. The van der Waals surface area contributed by atoms with E-state index in [0.29, 0.717) is 24.4 Å². The molecular formula is C39H44N8O4. The van der Waals surface area contributed by atoms with E-state index in [9.17, 15) is 0 Å². The number of hydrogen-bond donors (Lipinski definition) is 3. The quantitative estimate of drug-likeness (QED) is 0.150. The van der Waals surface area contributed by atoms with Crippen molar-refractivity contribution in [2.24, 2.45) is 0 Å². The SMILES string of the molecule is CC1CCCCO1.OCc1ccc(-c2ccccc2-c2nn[nH]n2)cc1.c1ccc(-c2nn[nH]n2)c(-c2ccc(COC3CCCCO3)cc2)c1. The third-order valence-electron chi connectivity index (χ3n) is 8.72. The van der Waals surface area contributed by atoms with Gasteiger partial charge in [0, 0.05) is 24.3 Å². The molecule has 0 aliphatic carbocycles. The number of aliphatic hydroxyl groups excluding tert-OH is 1. The third kappa shape index (κ3) is 10.2. The van der Waals surface area contributed by atoms with Gasteiger partial charge in [0.2, 0.25) is 11.6 Å². The molecule has 51 heavy (non-hydrogen) atoms. The molecule has 12 nitrogen and oxygen atoms in total. The Morgan fingerprint density at radius 3 is 1.55 bits per heavy atom. The monoisotopic (exact) mass is 688 g/mol. The topological polar surface area (TPSA) is 157 Å². The summed E-state index contributed by atoms with van der Waals surface area (Å²) in [4.78, 5) is 0. The number of aromatic amines is 2. The van der Waals surface area contributed by atoms with Gasteiger partial charge >= 0.3 is 0 Å². The molecule has 8 rings (SSSR count). The van der Waals surface area contributed by atoms with Gasteiger partial charge in [0.1, 0.15) is 0 Å². The van der Waals surface area contributed by atoms with Crippen LogP contribution in [0, 0.1) is 0 Å². The van der Waals surface area contributed by atoms with Gasteiger partial charge in [0.25, 0.3) is 0 Å². The fraction of sp³-hybridized carbons (Fsp3) is 0.333. The standard InChI is InChI=1S/C19H20N4O2.C14H12N4O.C6H12O/c1-2-6-17(19-20-22-23-21-19)16(5-1)15-10-8-14(9-11-15)13-25-18-7-3-4-12-24-18;19-9-10-5-7-11(8-6-10)12-3-1-2-4-13(12)14-15-17-18-16-14;1-6-4-2-3-5-7-6/h1-2,5-6,8-11,18H,3-4,7,12-13H2,(H,20,21,22,23);1-8,19H,9H2,(H,15,16,17,18);6H,2-5H2,1H3. The van der Waals surface area contributed by atoms with E-state index in [1.54, 1.807) is 0 Å². The second-order valence-corrected chi connectivity index (χ2v) is 12.4. The number of rotatable bonds is 8. The molecule has 6 aromatic rings. The molecule has 2 atom stereocenters. The zero-order chi connectivity index (χ0) is 35.1. The summed E-state index contributed by atoms with van der Waals surface area (Å²) in [6, 6.07) is 32.1. The molecule has 0 bridgehead atoms. The molecule has 4 aromatic carbocycles. The van der Waals surface area contributed by atoms with E-state index in [0.717, 1.165) is 70.6 Å². The van der Waals surface area contributed by atoms with E-state index >= 15 is 0 Å². The Kier molecular flexibility index (Phi) is 13.1. The van der Waals surface area contributed by atoms with E-state index in [-0.39, 0.29) is 12.9 Å². The Morgan fingerprint density at radius 2 is 1.14 bits per heavy atom. The Morgan fingerprint density at radius 1 is 0.627 bits per heavy atom. The zero-order valence-electron chi connectivity index (χ0n) is 28.8. The van der Waals surface area contributed by atoms with Crippen molar-refractivity contribution in [3.05, 3.63) is 108 Å². The van der Waals surface area contributed by atoms with Gasteiger partial charge < -0.3 is 19.3 Å². The van der Waals surface area contributed by atoms with Crippen LogP contribution in [0.15, 0.2) is 97.1 Å². The zero-order valence-corrected chi connectivity index (χ0v) is 28.8. The van der Waals surface area contributed by atoms with Crippen LogP contribution in [0.5, 0.6) is 0 Å². The summed E-state index contributed by atoms with van der Waals surface area (Å²) < 4.78 is 16.7. The lowest BCUT2D eigenvalue weighted by atomic mass is 9.98. The maximum Gasteiger partial charge on any atom is 0.205 e. The van der Waals surface area contributed by atoms with Gasteiger partial charge in [0.05, 0.1) is 19.3 Å². The number of H-pyrrole nitrogens is 2. The van der Waals surface area contributed by atoms with Gasteiger partial charge in [-0.15, -0.1) is 20.4 Å². The maximum atomic E-state index is 9.07. The number of tetrazole rings is 2. The van der Waals surface area contributed by atoms with Crippen LogP contribution >= 0.6 is 0 Å². The van der Waals surface area contributed by atoms with Crippen molar-refractivity contribution >= 4 is 0 Å². The Bertz CT molecular complexity index is 1850. The normalized spacial score (nSPS) is 17.1. The largest absolute Gasteiger partial charge is 0.392 e. The van der Waals surface area contributed by atoms with Crippen LogP contribution in [-0.2, 0) is 27.4 Å². The average molecular weight is 689 g/mol. The van der Waals surface area contributed by atoms with Crippen molar-refractivity contribution in [3.8, 4) is 45.0 Å². The van der Waals surface area contributed by atoms with Gasteiger partial charge in [-0.1, -0.05) is 97.1 Å². The summed E-state index contributed by atoms with van der Waals surface area (Å²) >= 11 is 0. The van der Waals surface area contributed by atoms with Crippen LogP contribution in [0.3, 0.4) is 0 Å². The first-order valence-corrected chi connectivity index (χ1v) is 17.5. The van der Waals surface area contributed by atoms with Crippen molar-refractivity contribution in [2.45, 2.75) is 71.1 Å². The number of nitrogens with zero attached hydrogens (tertiary/aromatic N) is 6. The molecule has 0 saturated carbocycles. The highest BCUT2D eigenvalue weighted by Crippen LogP contribution is 2.31. The molecule has 2 aromatic heterocycles. The van der Waals surface area contributed by atoms with Gasteiger partial charge in [0.15, 0.2) is 6.29 Å². The highest BCUT2D eigenvalue weighted by atomic mass is 16.7. The molecule has 2 aliphatic heterocycles. The van der Waals surface area contributed by atoms with Crippen molar-refractivity contribution in [2.75, 3.05) is 13.2 Å². The molecule has 0 amide bonds. The second-order valence-electron chi connectivity index (χ2n) is 12.4. The first-order valence-electron chi connectivity index (χ1n) is 17.5.